The molecular formula is C25H26ClF3N4O7. The third-order valence-electron chi connectivity index (χ3n) is 4.90. The molecule has 0 aliphatic rings. The smallest absolute Gasteiger partial charge is 0.419 e. The second-order valence-electron chi connectivity index (χ2n) is 7.60. The van der Waals surface area contributed by atoms with Gasteiger partial charge in [0.15, 0.2) is 0 Å². The van der Waals surface area contributed by atoms with Gasteiger partial charge in [0.2, 0.25) is 5.91 Å². The number of hydrogen-bond acceptors (Lipinski definition) is 9. The molecule has 0 saturated heterocycles. The van der Waals surface area contributed by atoms with Gasteiger partial charge in [0.25, 0.3) is 0 Å². The molecule has 0 atom stereocenters. The van der Waals surface area contributed by atoms with E-state index in [9.17, 15) is 32.3 Å². The minimum Gasteiger partial charge on any atom is -0.462 e. The maximum absolute atomic E-state index is 13.4. The summed E-state index contributed by atoms with van der Waals surface area (Å²) in [5.74, 6) is -4.34. The lowest BCUT2D eigenvalue weighted by Gasteiger charge is -2.26. The number of esters is 2. The summed E-state index contributed by atoms with van der Waals surface area (Å²) in [6, 6.07) is 9.40. The van der Waals surface area contributed by atoms with Crippen LogP contribution in [0, 0.1) is 0 Å². The highest BCUT2D eigenvalue weighted by Crippen LogP contribution is 2.38. The normalized spacial score (nSPS) is 11.6. The Morgan fingerprint density at radius 2 is 1.50 bits per heavy atom. The Bertz CT molecular complexity index is 1240. The second-order valence-corrected chi connectivity index (χ2v) is 7.87. The molecule has 15 heteroatoms. The van der Waals surface area contributed by atoms with Crippen molar-refractivity contribution < 1.29 is 46.6 Å². The van der Waals surface area contributed by atoms with E-state index in [0.717, 1.165) is 23.1 Å². The number of nitrogens with zero attached hydrogens (tertiary/aromatic N) is 3. The molecule has 11 nitrogen and oxygen atoms in total. The molecule has 2 amide bonds. The molecule has 2 aromatic carbocycles. The van der Waals surface area contributed by atoms with Gasteiger partial charge in [-0.15, -0.1) is 16.7 Å². The van der Waals surface area contributed by atoms with Crippen LogP contribution in [0.15, 0.2) is 58.8 Å². The van der Waals surface area contributed by atoms with Crippen LogP contribution in [0.3, 0.4) is 0 Å². The zero-order chi connectivity index (χ0) is 29.9. The Hall–Kier alpha value is -4.20. The van der Waals surface area contributed by atoms with Crippen molar-refractivity contribution >= 4 is 52.6 Å². The van der Waals surface area contributed by atoms with Crippen LogP contribution >= 0.6 is 11.6 Å². The zero-order valence-corrected chi connectivity index (χ0v) is 22.4. The molecule has 0 aliphatic heterocycles. The molecular weight excluding hydrogens is 561 g/mol. The Kier molecular flexibility index (Phi) is 11.4. The highest BCUT2D eigenvalue weighted by Gasteiger charge is 2.52. The molecule has 0 radical (unpaired) electrons. The number of carbonyl (C=O) groups is 4. The molecule has 0 heterocycles. The fourth-order valence-electron chi connectivity index (χ4n) is 3.22. The van der Waals surface area contributed by atoms with Gasteiger partial charge in [0.1, 0.15) is 11.6 Å². The first-order valence-corrected chi connectivity index (χ1v) is 12.4. The van der Waals surface area contributed by atoms with E-state index in [1.165, 1.54) is 51.1 Å². The van der Waals surface area contributed by atoms with Gasteiger partial charge >= 0.3 is 29.9 Å². The van der Waals surface area contributed by atoms with Crippen LogP contribution in [0.5, 0.6) is 0 Å². The molecule has 2 aromatic rings. The zero-order valence-electron chi connectivity index (χ0n) is 21.7. The topological polar surface area (TPSA) is 136 Å². The van der Waals surface area contributed by atoms with Crippen LogP contribution in [-0.2, 0) is 34.8 Å². The average molecular weight is 587 g/mol. The summed E-state index contributed by atoms with van der Waals surface area (Å²) in [4.78, 5) is 51.7. The number of para-hydroxylation sites is 1. The summed E-state index contributed by atoms with van der Waals surface area (Å²) in [7, 11) is 0. The molecule has 2 rings (SSSR count). The standard InChI is InChI=1S/C25H26ClF3N4O7/c1-4-38-21(35)24(22(36)39-5-2,30-20(34)15-26)32-31-18-12-7-8-13-19(18)33(23(37)40-6-3)17-11-9-10-16(14-17)25(27,28)29/h7-14H,4-6,15H2,1-3H3,(H,30,34)/b32-31+. The summed E-state index contributed by atoms with van der Waals surface area (Å²) in [5.41, 5.74) is -4.42. The van der Waals surface area contributed by atoms with Gasteiger partial charge in [-0.2, -0.15) is 18.3 Å². The van der Waals surface area contributed by atoms with Crippen molar-refractivity contribution in [1.29, 1.82) is 0 Å². The lowest BCUT2D eigenvalue weighted by Crippen LogP contribution is -2.60. The van der Waals surface area contributed by atoms with Gasteiger partial charge in [-0.05, 0) is 51.1 Å². The van der Waals surface area contributed by atoms with E-state index in [0.29, 0.717) is 0 Å². The number of nitrogens with one attached hydrogen (secondary N) is 1. The van der Waals surface area contributed by atoms with Gasteiger partial charge < -0.3 is 19.5 Å². The minimum absolute atomic E-state index is 0.114. The minimum atomic E-state index is -4.71. The van der Waals surface area contributed by atoms with Crippen LogP contribution in [0.25, 0.3) is 0 Å². The molecule has 0 spiro atoms. The summed E-state index contributed by atoms with van der Waals surface area (Å²) in [6.07, 6.45) is -5.77. The van der Waals surface area contributed by atoms with Crippen LogP contribution in [0.4, 0.5) is 35.0 Å². The number of halogens is 4. The van der Waals surface area contributed by atoms with E-state index >= 15 is 0 Å². The molecule has 1 N–H and O–H groups in total. The largest absolute Gasteiger partial charge is 0.462 e. The molecule has 0 unspecified atom stereocenters. The van der Waals surface area contributed by atoms with E-state index in [2.05, 4.69) is 15.5 Å². The SMILES string of the molecule is CCOC(=O)N(c1cccc(C(F)(F)F)c1)c1ccccc1/N=N/C(NC(=O)CCl)(C(=O)OCC)C(=O)OCC. The molecule has 0 aromatic heterocycles. The van der Waals surface area contributed by atoms with Crippen molar-refractivity contribution in [3.8, 4) is 0 Å². The number of hydrogen-bond donors (Lipinski definition) is 1. The van der Waals surface area contributed by atoms with Crippen molar-refractivity contribution in [3.05, 3.63) is 54.1 Å². The number of benzene rings is 2. The molecule has 0 aliphatic carbocycles. The van der Waals surface area contributed by atoms with Gasteiger partial charge in [0.05, 0.1) is 36.8 Å². The first-order chi connectivity index (χ1) is 18.9. The van der Waals surface area contributed by atoms with Gasteiger partial charge in [-0.25, -0.2) is 19.3 Å². The predicted molar refractivity (Wildman–Crippen MR) is 136 cm³/mol. The highest BCUT2D eigenvalue weighted by molar-refractivity contribution is 6.28. The van der Waals surface area contributed by atoms with E-state index in [1.54, 1.807) is 0 Å². The predicted octanol–water partition coefficient (Wildman–Crippen LogP) is 5.26. The number of rotatable bonds is 11. The quantitative estimate of drug-likeness (QED) is 0.125. The van der Waals surface area contributed by atoms with Crippen molar-refractivity contribution in [1.82, 2.24) is 5.32 Å². The van der Waals surface area contributed by atoms with Crippen molar-refractivity contribution in [2.24, 2.45) is 10.2 Å². The van der Waals surface area contributed by atoms with Crippen LogP contribution in [0.2, 0.25) is 0 Å². The summed E-state index contributed by atoms with van der Waals surface area (Å²) >= 11 is 5.56. The fourth-order valence-corrected chi connectivity index (χ4v) is 3.28. The van der Waals surface area contributed by atoms with E-state index in [1.807, 2.05) is 0 Å². The number of amides is 2. The molecule has 0 bridgehead atoms. The average Bonchev–Trinajstić information content (AvgIpc) is 2.91. The van der Waals surface area contributed by atoms with Crippen LogP contribution in [0.1, 0.15) is 26.3 Å². The van der Waals surface area contributed by atoms with Crippen molar-refractivity contribution in [2.75, 3.05) is 30.6 Å². The Balaban J connectivity index is 2.76. The lowest BCUT2D eigenvalue weighted by atomic mass is 10.1. The Morgan fingerprint density at radius 1 is 0.900 bits per heavy atom. The van der Waals surface area contributed by atoms with Crippen LogP contribution in [-0.4, -0.2) is 55.3 Å². The molecule has 40 heavy (non-hydrogen) atoms. The van der Waals surface area contributed by atoms with E-state index < -0.39 is 47.2 Å². The van der Waals surface area contributed by atoms with E-state index in [4.69, 9.17) is 25.8 Å². The van der Waals surface area contributed by atoms with Gasteiger partial charge in [0, 0.05) is 0 Å². The first-order valence-electron chi connectivity index (χ1n) is 11.8. The summed E-state index contributed by atoms with van der Waals surface area (Å²) in [6.45, 7) is 3.84. The Morgan fingerprint density at radius 3 is 2.05 bits per heavy atom. The number of azo groups is 1. The monoisotopic (exact) mass is 586 g/mol. The highest BCUT2D eigenvalue weighted by atomic mass is 35.5. The number of ether oxygens (including phenoxy) is 3. The summed E-state index contributed by atoms with van der Waals surface area (Å²) in [5, 5.41) is 9.76. The lowest BCUT2D eigenvalue weighted by molar-refractivity contribution is -0.167. The first kappa shape index (κ1) is 32.0. The number of carbonyl (C=O) groups excluding carboxylic acids is 4. The third-order valence-corrected chi connectivity index (χ3v) is 5.14. The van der Waals surface area contributed by atoms with E-state index in [-0.39, 0.29) is 36.9 Å². The van der Waals surface area contributed by atoms with Gasteiger partial charge in [-0.3, -0.25) is 4.79 Å². The third kappa shape index (κ3) is 7.68. The Labute approximate surface area is 232 Å². The van der Waals surface area contributed by atoms with Crippen molar-refractivity contribution in [3.63, 3.8) is 0 Å². The summed E-state index contributed by atoms with van der Waals surface area (Å²) < 4.78 is 55.2. The van der Waals surface area contributed by atoms with Gasteiger partial charge in [-0.1, -0.05) is 18.2 Å². The molecule has 0 saturated carbocycles. The molecule has 0 fully saturated rings. The maximum Gasteiger partial charge on any atom is 0.419 e. The molecule has 216 valence electrons. The second kappa shape index (κ2) is 14.3. The maximum atomic E-state index is 13.4. The number of alkyl halides is 4. The van der Waals surface area contributed by atoms with Crippen LogP contribution < -0.4 is 10.2 Å². The fraction of sp³-hybridized carbons (Fsp3) is 0.360. The number of anilines is 2. The van der Waals surface area contributed by atoms with Crippen molar-refractivity contribution in [2.45, 2.75) is 32.6 Å².